The average Bonchev–Trinajstić information content (AvgIpc) is 3.24. The lowest BCUT2D eigenvalue weighted by atomic mass is 10.2. The van der Waals surface area contributed by atoms with E-state index in [1.807, 2.05) is 30.3 Å². The van der Waals surface area contributed by atoms with E-state index in [1.165, 1.54) is 11.9 Å². The fraction of sp³-hybridized carbons (Fsp3) is 0.235. The molecule has 0 fully saturated rings. The molecular weight excluding hydrogens is 336 g/mol. The third kappa shape index (κ3) is 4.32. The van der Waals surface area contributed by atoms with E-state index in [4.69, 9.17) is 4.52 Å². The molecule has 1 aromatic carbocycles. The molecule has 0 atom stereocenters. The maximum Gasteiger partial charge on any atom is 0.276 e. The minimum Gasteiger partial charge on any atom is -0.360 e. The van der Waals surface area contributed by atoms with Crippen LogP contribution in [0.4, 0.5) is 5.82 Å². The van der Waals surface area contributed by atoms with Crippen LogP contribution in [0.3, 0.4) is 0 Å². The van der Waals surface area contributed by atoms with E-state index in [0.29, 0.717) is 18.1 Å². The van der Waals surface area contributed by atoms with Crippen LogP contribution in [-0.2, 0) is 11.3 Å². The summed E-state index contributed by atoms with van der Waals surface area (Å²) in [6, 6.07) is 11.3. The molecule has 0 aliphatic heterocycles. The van der Waals surface area contributed by atoms with Gasteiger partial charge in [0.2, 0.25) is 5.91 Å². The van der Waals surface area contributed by atoms with E-state index in [-0.39, 0.29) is 18.1 Å². The smallest absolute Gasteiger partial charge is 0.276 e. The Kier molecular flexibility index (Phi) is 5.07. The number of carbonyl (C=O) groups is 2. The van der Waals surface area contributed by atoms with E-state index in [2.05, 4.69) is 20.8 Å². The maximum absolute atomic E-state index is 12.4. The SMILES string of the molecule is Cc1cc(NC(=O)CN(C)C(=O)c2cn(Cc3ccccc3)nn2)no1. The van der Waals surface area contributed by atoms with Crippen LogP contribution in [0, 0.1) is 6.92 Å². The summed E-state index contributed by atoms with van der Waals surface area (Å²) in [7, 11) is 1.52. The highest BCUT2D eigenvalue weighted by atomic mass is 16.5. The summed E-state index contributed by atoms with van der Waals surface area (Å²) in [5, 5.41) is 14.1. The molecule has 134 valence electrons. The second-order valence-corrected chi connectivity index (χ2v) is 5.82. The van der Waals surface area contributed by atoms with Crippen molar-refractivity contribution in [1.29, 1.82) is 0 Å². The number of nitrogens with one attached hydrogen (secondary N) is 1. The normalized spacial score (nSPS) is 10.5. The molecule has 3 rings (SSSR count). The molecule has 0 bridgehead atoms. The summed E-state index contributed by atoms with van der Waals surface area (Å²) in [4.78, 5) is 25.6. The van der Waals surface area contributed by atoms with Crippen molar-refractivity contribution in [1.82, 2.24) is 25.1 Å². The lowest BCUT2D eigenvalue weighted by Gasteiger charge is -2.14. The lowest BCUT2D eigenvalue weighted by Crippen LogP contribution is -2.35. The van der Waals surface area contributed by atoms with Crippen molar-refractivity contribution in [2.75, 3.05) is 18.9 Å². The Morgan fingerprint density at radius 1 is 1.27 bits per heavy atom. The Hall–Kier alpha value is -3.49. The highest BCUT2D eigenvalue weighted by molar-refractivity contribution is 5.97. The Morgan fingerprint density at radius 3 is 2.73 bits per heavy atom. The predicted molar refractivity (Wildman–Crippen MR) is 92.4 cm³/mol. The Balaban J connectivity index is 1.57. The number of aromatic nitrogens is 4. The zero-order valence-electron chi connectivity index (χ0n) is 14.4. The van der Waals surface area contributed by atoms with E-state index in [0.717, 1.165) is 5.56 Å². The molecule has 0 aliphatic rings. The van der Waals surface area contributed by atoms with Crippen molar-refractivity contribution >= 4 is 17.6 Å². The number of carbonyl (C=O) groups excluding carboxylic acids is 2. The molecular formula is C17H18N6O3. The Morgan fingerprint density at radius 2 is 2.04 bits per heavy atom. The average molecular weight is 354 g/mol. The molecule has 0 aliphatic carbocycles. The largest absolute Gasteiger partial charge is 0.360 e. The standard InChI is InChI=1S/C17H18N6O3/c1-12-8-15(20-26-12)18-16(24)11-22(2)17(25)14-10-23(21-19-14)9-13-6-4-3-5-7-13/h3-8,10H,9,11H2,1-2H3,(H,18,20,24). The van der Waals surface area contributed by atoms with Gasteiger partial charge in [-0.1, -0.05) is 40.7 Å². The van der Waals surface area contributed by atoms with Gasteiger partial charge >= 0.3 is 0 Å². The van der Waals surface area contributed by atoms with Crippen LogP contribution in [0.2, 0.25) is 0 Å². The summed E-state index contributed by atoms with van der Waals surface area (Å²) in [5.41, 5.74) is 1.22. The number of hydrogen-bond donors (Lipinski definition) is 1. The molecule has 1 N–H and O–H groups in total. The van der Waals surface area contributed by atoms with Crippen molar-refractivity contribution in [3.8, 4) is 0 Å². The lowest BCUT2D eigenvalue weighted by molar-refractivity contribution is -0.116. The van der Waals surface area contributed by atoms with Crippen LogP contribution < -0.4 is 5.32 Å². The molecule has 0 saturated heterocycles. The van der Waals surface area contributed by atoms with Gasteiger partial charge in [-0.2, -0.15) is 0 Å². The highest BCUT2D eigenvalue weighted by Gasteiger charge is 2.19. The van der Waals surface area contributed by atoms with Gasteiger partial charge in [-0.25, -0.2) is 4.68 Å². The summed E-state index contributed by atoms with van der Waals surface area (Å²) in [6.45, 7) is 2.09. The molecule has 9 nitrogen and oxygen atoms in total. The molecule has 2 aromatic heterocycles. The first-order chi connectivity index (χ1) is 12.5. The summed E-state index contributed by atoms with van der Waals surface area (Å²) in [6.07, 6.45) is 1.56. The minimum absolute atomic E-state index is 0.143. The monoisotopic (exact) mass is 354 g/mol. The fourth-order valence-corrected chi connectivity index (χ4v) is 2.33. The third-order valence-corrected chi connectivity index (χ3v) is 3.57. The summed E-state index contributed by atoms with van der Waals surface area (Å²) < 4.78 is 6.45. The van der Waals surface area contributed by atoms with Gasteiger partial charge in [0.05, 0.1) is 19.3 Å². The molecule has 3 aromatic rings. The maximum atomic E-state index is 12.4. The first-order valence-corrected chi connectivity index (χ1v) is 7.94. The first-order valence-electron chi connectivity index (χ1n) is 7.94. The third-order valence-electron chi connectivity index (χ3n) is 3.57. The highest BCUT2D eigenvalue weighted by Crippen LogP contribution is 2.07. The van der Waals surface area contributed by atoms with E-state index in [1.54, 1.807) is 23.9 Å². The van der Waals surface area contributed by atoms with Gasteiger partial charge in [0, 0.05) is 13.1 Å². The van der Waals surface area contributed by atoms with Crippen LogP contribution in [0.1, 0.15) is 21.8 Å². The molecule has 2 amide bonds. The second-order valence-electron chi connectivity index (χ2n) is 5.82. The topological polar surface area (TPSA) is 106 Å². The summed E-state index contributed by atoms with van der Waals surface area (Å²) >= 11 is 0. The number of nitrogens with zero attached hydrogens (tertiary/aromatic N) is 5. The number of rotatable bonds is 6. The van der Waals surface area contributed by atoms with Gasteiger partial charge in [0.1, 0.15) is 5.76 Å². The number of aryl methyl sites for hydroxylation is 1. The van der Waals surface area contributed by atoms with Gasteiger partial charge in [-0.15, -0.1) is 5.10 Å². The molecule has 0 saturated carbocycles. The molecule has 9 heteroatoms. The van der Waals surface area contributed by atoms with Crippen LogP contribution in [0.25, 0.3) is 0 Å². The predicted octanol–water partition coefficient (Wildman–Crippen LogP) is 1.33. The second kappa shape index (κ2) is 7.60. The van der Waals surface area contributed by atoms with Gasteiger partial charge in [0.15, 0.2) is 11.5 Å². The number of likely N-dealkylation sites (N-methyl/N-ethyl adjacent to an activating group) is 1. The molecule has 0 spiro atoms. The van der Waals surface area contributed by atoms with Crippen LogP contribution in [-0.4, -0.2) is 50.5 Å². The number of hydrogen-bond acceptors (Lipinski definition) is 6. The summed E-state index contributed by atoms with van der Waals surface area (Å²) in [5.74, 6) is 0.114. The van der Waals surface area contributed by atoms with Gasteiger partial charge < -0.3 is 14.7 Å². The number of benzene rings is 1. The molecule has 0 unspecified atom stereocenters. The zero-order chi connectivity index (χ0) is 18.5. The van der Waals surface area contributed by atoms with Gasteiger partial charge in [-0.3, -0.25) is 9.59 Å². The zero-order valence-corrected chi connectivity index (χ0v) is 14.4. The van der Waals surface area contributed by atoms with E-state index in [9.17, 15) is 9.59 Å². The van der Waals surface area contributed by atoms with Crippen molar-refractivity contribution in [2.45, 2.75) is 13.5 Å². The van der Waals surface area contributed by atoms with Crippen molar-refractivity contribution in [2.24, 2.45) is 0 Å². The van der Waals surface area contributed by atoms with Crippen LogP contribution >= 0.6 is 0 Å². The molecule has 26 heavy (non-hydrogen) atoms. The van der Waals surface area contributed by atoms with Crippen molar-refractivity contribution in [3.05, 3.63) is 59.6 Å². The van der Waals surface area contributed by atoms with Crippen LogP contribution in [0.15, 0.2) is 47.1 Å². The van der Waals surface area contributed by atoms with E-state index >= 15 is 0 Å². The van der Waals surface area contributed by atoms with Crippen LogP contribution in [0.5, 0.6) is 0 Å². The quantitative estimate of drug-likeness (QED) is 0.716. The van der Waals surface area contributed by atoms with Crippen molar-refractivity contribution in [3.63, 3.8) is 0 Å². The minimum atomic E-state index is -0.393. The first kappa shape index (κ1) is 17.3. The number of anilines is 1. The Labute approximate surface area is 149 Å². The van der Waals surface area contributed by atoms with Crippen molar-refractivity contribution < 1.29 is 14.1 Å². The molecule has 0 radical (unpaired) electrons. The van der Waals surface area contributed by atoms with Gasteiger partial charge in [0.25, 0.3) is 5.91 Å². The van der Waals surface area contributed by atoms with E-state index < -0.39 is 5.91 Å². The fourth-order valence-electron chi connectivity index (χ4n) is 2.33. The Bertz CT molecular complexity index is 902. The number of amides is 2. The molecule has 2 heterocycles. The van der Waals surface area contributed by atoms with Gasteiger partial charge in [-0.05, 0) is 12.5 Å².